The summed E-state index contributed by atoms with van der Waals surface area (Å²) < 4.78 is 28.7. The zero-order valence-corrected chi connectivity index (χ0v) is 14.9. The van der Waals surface area contributed by atoms with Gasteiger partial charge in [-0.25, -0.2) is 0 Å². The van der Waals surface area contributed by atoms with Crippen LogP contribution in [0.5, 0.6) is 5.75 Å². The molecule has 0 fully saturated rings. The molecular formula is C18H22F2N3OS+. The van der Waals surface area contributed by atoms with Gasteiger partial charge < -0.3 is 20.3 Å². The Bertz CT molecular complexity index is 666. The summed E-state index contributed by atoms with van der Waals surface area (Å²) in [4.78, 5) is 1.29. The van der Waals surface area contributed by atoms with Crippen LogP contribution in [0.1, 0.15) is 11.6 Å². The Kier molecular flexibility index (Phi) is 7.09. The highest BCUT2D eigenvalue weighted by atomic mass is 32.1. The molecule has 3 N–H and O–H groups in total. The highest BCUT2D eigenvalue weighted by Crippen LogP contribution is 2.18. The average Bonchev–Trinajstić information content (AvgIpc) is 2.56. The van der Waals surface area contributed by atoms with Crippen molar-refractivity contribution in [2.24, 2.45) is 0 Å². The highest BCUT2D eigenvalue weighted by molar-refractivity contribution is 7.80. The van der Waals surface area contributed by atoms with E-state index in [1.165, 1.54) is 17.0 Å². The number of rotatable bonds is 7. The van der Waals surface area contributed by atoms with Crippen molar-refractivity contribution >= 4 is 23.0 Å². The van der Waals surface area contributed by atoms with Gasteiger partial charge in [-0.3, -0.25) is 0 Å². The maximum atomic E-state index is 12.2. The Hall–Kier alpha value is -2.25. The predicted octanol–water partition coefficient (Wildman–Crippen LogP) is 2.46. The number of ether oxygens (including phenoxy) is 1. The van der Waals surface area contributed by atoms with Gasteiger partial charge >= 0.3 is 6.61 Å². The summed E-state index contributed by atoms with van der Waals surface area (Å²) in [5.41, 5.74) is 1.84. The van der Waals surface area contributed by atoms with Crippen LogP contribution >= 0.6 is 12.2 Å². The van der Waals surface area contributed by atoms with E-state index in [1.807, 2.05) is 18.2 Å². The minimum atomic E-state index is -2.83. The third-order valence-corrected chi connectivity index (χ3v) is 3.68. The number of hydrogen-bond donors (Lipinski definition) is 3. The van der Waals surface area contributed by atoms with Crippen molar-refractivity contribution in [1.29, 1.82) is 0 Å². The number of anilines is 1. The molecular weight excluding hydrogens is 344 g/mol. The lowest BCUT2D eigenvalue weighted by atomic mass is 10.1. The summed E-state index contributed by atoms with van der Waals surface area (Å²) in [6.45, 7) is -1.98. The van der Waals surface area contributed by atoms with Crippen LogP contribution in [0.3, 0.4) is 0 Å². The van der Waals surface area contributed by atoms with E-state index in [9.17, 15) is 8.78 Å². The summed E-state index contributed by atoms with van der Waals surface area (Å²) in [6.07, 6.45) is 0. The van der Waals surface area contributed by atoms with Gasteiger partial charge in [-0.2, -0.15) is 8.78 Å². The van der Waals surface area contributed by atoms with Gasteiger partial charge in [0.15, 0.2) is 5.11 Å². The van der Waals surface area contributed by atoms with Gasteiger partial charge in [0, 0.05) is 5.69 Å². The third kappa shape index (κ3) is 6.64. The van der Waals surface area contributed by atoms with Gasteiger partial charge in [-0.05, 0) is 42.0 Å². The zero-order valence-electron chi connectivity index (χ0n) is 14.1. The molecule has 0 spiro atoms. The number of alkyl halides is 2. The number of nitrogens with one attached hydrogen (secondary N) is 3. The molecule has 0 amide bonds. The molecule has 2 aromatic carbocycles. The fraction of sp³-hybridized carbons (Fsp3) is 0.278. The SMILES string of the molecule is C[NH+](C)C[C@H](NC(=S)Nc1ccc(OC(F)F)cc1)c1ccccc1. The monoisotopic (exact) mass is 366 g/mol. The topological polar surface area (TPSA) is 37.7 Å². The third-order valence-electron chi connectivity index (χ3n) is 3.46. The summed E-state index contributed by atoms with van der Waals surface area (Å²) >= 11 is 5.39. The summed E-state index contributed by atoms with van der Waals surface area (Å²) in [6, 6.07) is 16.3. The maximum Gasteiger partial charge on any atom is 0.387 e. The number of likely N-dealkylation sites (N-methyl/N-ethyl adjacent to an activating group) is 1. The molecule has 0 aromatic heterocycles. The first kappa shape index (κ1) is 19.1. The van der Waals surface area contributed by atoms with Gasteiger partial charge in [0.25, 0.3) is 0 Å². The van der Waals surface area contributed by atoms with E-state index in [2.05, 4.69) is 41.6 Å². The Morgan fingerprint density at radius 3 is 2.28 bits per heavy atom. The minimum absolute atomic E-state index is 0.0626. The van der Waals surface area contributed by atoms with Gasteiger partial charge in [0.05, 0.1) is 14.1 Å². The summed E-state index contributed by atoms with van der Waals surface area (Å²) in [5.74, 6) is 0.109. The van der Waals surface area contributed by atoms with Gasteiger partial charge in [0.1, 0.15) is 18.3 Å². The molecule has 0 saturated carbocycles. The van der Waals surface area contributed by atoms with Crippen molar-refractivity contribution < 1.29 is 18.4 Å². The summed E-state index contributed by atoms with van der Waals surface area (Å²) in [5, 5.41) is 6.84. The molecule has 0 heterocycles. The lowest BCUT2D eigenvalue weighted by Gasteiger charge is -2.22. The van der Waals surface area contributed by atoms with Crippen LogP contribution in [0, 0.1) is 0 Å². The normalized spacial score (nSPS) is 12.1. The van der Waals surface area contributed by atoms with Crippen LogP contribution in [-0.4, -0.2) is 32.4 Å². The van der Waals surface area contributed by atoms with E-state index < -0.39 is 6.61 Å². The molecule has 0 aliphatic rings. The number of halogens is 2. The second kappa shape index (κ2) is 9.29. The van der Waals surface area contributed by atoms with Gasteiger partial charge in [0.2, 0.25) is 0 Å². The van der Waals surface area contributed by atoms with E-state index in [4.69, 9.17) is 12.2 Å². The van der Waals surface area contributed by atoms with Crippen molar-refractivity contribution in [1.82, 2.24) is 5.32 Å². The van der Waals surface area contributed by atoms with Crippen LogP contribution in [0.2, 0.25) is 0 Å². The molecule has 0 aliphatic heterocycles. The predicted molar refractivity (Wildman–Crippen MR) is 99.3 cm³/mol. The molecule has 1 atom stereocenters. The molecule has 25 heavy (non-hydrogen) atoms. The highest BCUT2D eigenvalue weighted by Gasteiger charge is 2.16. The summed E-state index contributed by atoms with van der Waals surface area (Å²) in [7, 11) is 4.16. The fourth-order valence-corrected chi connectivity index (χ4v) is 2.65. The smallest absolute Gasteiger partial charge is 0.387 e. The molecule has 0 saturated heterocycles. The first-order chi connectivity index (χ1) is 11.9. The molecule has 0 bridgehead atoms. The maximum absolute atomic E-state index is 12.2. The molecule has 2 rings (SSSR count). The molecule has 4 nitrogen and oxygen atoms in total. The van der Waals surface area contributed by atoms with Crippen molar-refractivity contribution in [3.05, 3.63) is 60.2 Å². The fourth-order valence-electron chi connectivity index (χ4n) is 2.39. The van der Waals surface area contributed by atoms with Crippen LogP contribution in [0.15, 0.2) is 54.6 Å². The number of thiocarbonyl (C=S) groups is 1. The van der Waals surface area contributed by atoms with E-state index in [1.54, 1.807) is 12.1 Å². The van der Waals surface area contributed by atoms with E-state index in [-0.39, 0.29) is 11.8 Å². The Labute approximate surface area is 151 Å². The molecule has 134 valence electrons. The van der Waals surface area contributed by atoms with Crippen LogP contribution < -0.4 is 20.3 Å². The zero-order chi connectivity index (χ0) is 18.2. The lowest BCUT2D eigenvalue weighted by molar-refractivity contribution is -0.860. The lowest BCUT2D eigenvalue weighted by Crippen LogP contribution is -3.06. The molecule has 0 aliphatic carbocycles. The first-order valence-corrected chi connectivity index (χ1v) is 8.31. The minimum Gasteiger partial charge on any atom is -0.435 e. The van der Waals surface area contributed by atoms with Crippen LogP contribution in [-0.2, 0) is 0 Å². The van der Waals surface area contributed by atoms with Crippen molar-refractivity contribution in [3.8, 4) is 5.75 Å². The van der Waals surface area contributed by atoms with Crippen LogP contribution in [0.25, 0.3) is 0 Å². The molecule has 0 radical (unpaired) electrons. The van der Waals surface area contributed by atoms with Crippen LogP contribution in [0.4, 0.5) is 14.5 Å². The van der Waals surface area contributed by atoms with Gasteiger partial charge in [-0.1, -0.05) is 30.3 Å². The number of hydrogen-bond acceptors (Lipinski definition) is 2. The molecule has 2 aromatic rings. The average molecular weight is 366 g/mol. The standard InChI is InChI=1S/C18H21F2N3OS/c1-23(2)12-16(13-6-4-3-5-7-13)22-18(25)21-14-8-10-15(11-9-14)24-17(19)20/h3-11,16-17H,12H2,1-2H3,(H2,21,22,25)/p+1/t16-/m0/s1. The number of benzene rings is 2. The second-order valence-electron chi connectivity index (χ2n) is 5.88. The Morgan fingerprint density at radius 2 is 1.72 bits per heavy atom. The second-order valence-corrected chi connectivity index (χ2v) is 6.28. The quantitative estimate of drug-likeness (QED) is 0.658. The Balaban J connectivity index is 1.98. The largest absolute Gasteiger partial charge is 0.435 e. The van der Waals surface area contributed by atoms with Crippen molar-refractivity contribution in [2.45, 2.75) is 12.7 Å². The first-order valence-electron chi connectivity index (χ1n) is 7.90. The van der Waals surface area contributed by atoms with Gasteiger partial charge in [-0.15, -0.1) is 0 Å². The molecule has 0 unspecified atom stereocenters. The van der Waals surface area contributed by atoms with E-state index >= 15 is 0 Å². The van der Waals surface area contributed by atoms with E-state index in [0.717, 1.165) is 12.1 Å². The van der Waals surface area contributed by atoms with Crippen molar-refractivity contribution in [2.75, 3.05) is 26.0 Å². The Morgan fingerprint density at radius 1 is 1.08 bits per heavy atom. The number of quaternary nitrogens is 1. The molecule has 7 heteroatoms. The van der Waals surface area contributed by atoms with Crippen molar-refractivity contribution in [3.63, 3.8) is 0 Å². The van der Waals surface area contributed by atoms with E-state index in [0.29, 0.717) is 10.8 Å².